The van der Waals surface area contributed by atoms with Crippen LogP contribution in [0.15, 0.2) is 35.7 Å². The van der Waals surface area contributed by atoms with Crippen LogP contribution >= 0.6 is 11.8 Å². The number of benzene rings is 1. The first-order chi connectivity index (χ1) is 12.9. The number of sulfone groups is 1. The van der Waals surface area contributed by atoms with Crippen molar-refractivity contribution in [2.45, 2.75) is 24.5 Å². The quantitative estimate of drug-likeness (QED) is 0.637. The Morgan fingerprint density at radius 3 is 2.85 bits per heavy atom. The number of aromatic nitrogens is 3. The van der Waals surface area contributed by atoms with Gasteiger partial charge in [-0.25, -0.2) is 8.42 Å². The Balaban J connectivity index is 1.70. The summed E-state index contributed by atoms with van der Waals surface area (Å²) in [6, 6.07) is 7.25. The van der Waals surface area contributed by atoms with Gasteiger partial charge >= 0.3 is 0 Å². The Morgan fingerprint density at radius 2 is 2.19 bits per heavy atom. The molecular weight excluding hydrogens is 388 g/mol. The van der Waals surface area contributed by atoms with E-state index in [1.807, 2.05) is 31.2 Å². The van der Waals surface area contributed by atoms with Crippen LogP contribution in [0.25, 0.3) is 5.69 Å². The molecule has 1 aromatic heterocycles. The first kappa shape index (κ1) is 19.7. The summed E-state index contributed by atoms with van der Waals surface area (Å²) >= 11 is 1.27. The van der Waals surface area contributed by atoms with E-state index in [1.165, 1.54) is 11.8 Å². The summed E-state index contributed by atoms with van der Waals surface area (Å²) in [5.74, 6) is 0.944. The highest BCUT2D eigenvalue weighted by Gasteiger charge is 2.33. The van der Waals surface area contributed by atoms with Gasteiger partial charge in [-0.05, 0) is 25.5 Å². The van der Waals surface area contributed by atoms with Gasteiger partial charge in [0.05, 0.1) is 30.1 Å². The molecule has 10 heteroatoms. The molecule has 1 aliphatic heterocycles. The SMILES string of the molecule is CCN(C(=O)CSc1nncn1-c1ccccc1OC)[C@@H]1CCS(=O)(=O)C1. The van der Waals surface area contributed by atoms with Crippen molar-refractivity contribution in [1.29, 1.82) is 0 Å². The van der Waals surface area contributed by atoms with E-state index in [9.17, 15) is 13.2 Å². The molecule has 1 aliphatic rings. The zero-order valence-corrected chi connectivity index (χ0v) is 16.9. The summed E-state index contributed by atoms with van der Waals surface area (Å²) in [5.41, 5.74) is 0.786. The van der Waals surface area contributed by atoms with Crippen molar-refractivity contribution in [2.75, 3.05) is 30.9 Å². The number of thioether (sulfide) groups is 1. The molecule has 0 N–H and O–H groups in total. The van der Waals surface area contributed by atoms with E-state index in [-0.39, 0.29) is 29.2 Å². The Bertz CT molecular complexity index is 913. The molecule has 2 heterocycles. The molecule has 1 atom stereocenters. The van der Waals surface area contributed by atoms with Gasteiger partial charge in [0, 0.05) is 12.6 Å². The molecule has 0 spiro atoms. The van der Waals surface area contributed by atoms with Gasteiger partial charge < -0.3 is 9.64 Å². The summed E-state index contributed by atoms with van der Waals surface area (Å²) in [6.07, 6.45) is 2.08. The highest BCUT2D eigenvalue weighted by Crippen LogP contribution is 2.27. The number of carbonyl (C=O) groups excluding carboxylic acids is 1. The molecule has 2 aromatic rings. The first-order valence-corrected chi connectivity index (χ1v) is 11.4. The molecule has 8 nitrogen and oxygen atoms in total. The van der Waals surface area contributed by atoms with E-state index < -0.39 is 9.84 Å². The van der Waals surface area contributed by atoms with E-state index in [4.69, 9.17) is 4.74 Å². The number of hydrogen-bond donors (Lipinski definition) is 0. The Kier molecular flexibility index (Phi) is 6.05. The average Bonchev–Trinajstić information content (AvgIpc) is 3.26. The van der Waals surface area contributed by atoms with E-state index >= 15 is 0 Å². The van der Waals surface area contributed by atoms with E-state index in [2.05, 4.69) is 10.2 Å². The van der Waals surface area contributed by atoms with Crippen molar-refractivity contribution in [3.8, 4) is 11.4 Å². The van der Waals surface area contributed by atoms with Gasteiger partial charge in [-0.2, -0.15) is 0 Å². The van der Waals surface area contributed by atoms with Gasteiger partial charge in [0.15, 0.2) is 15.0 Å². The maximum absolute atomic E-state index is 12.7. The van der Waals surface area contributed by atoms with Crippen molar-refractivity contribution >= 4 is 27.5 Å². The normalized spacial score (nSPS) is 18.4. The second-order valence-corrected chi connectivity index (χ2v) is 9.35. The fourth-order valence-electron chi connectivity index (χ4n) is 3.19. The van der Waals surface area contributed by atoms with Crippen molar-refractivity contribution in [1.82, 2.24) is 19.7 Å². The molecule has 3 rings (SSSR count). The first-order valence-electron chi connectivity index (χ1n) is 8.61. The van der Waals surface area contributed by atoms with Crippen molar-refractivity contribution < 1.29 is 17.9 Å². The monoisotopic (exact) mass is 410 g/mol. The standard InChI is InChI=1S/C17H22N4O4S2/c1-3-20(13-8-9-27(23,24)11-13)16(22)10-26-17-19-18-12-21(17)14-6-4-5-7-15(14)25-2/h4-7,12-13H,3,8-11H2,1-2H3/t13-/m1/s1. The summed E-state index contributed by atoms with van der Waals surface area (Å²) in [4.78, 5) is 14.3. The van der Waals surface area contributed by atoms with Crippen LogP contribution in [0.2, 0.25) is 0 Å². The minimum atomic E-state index is -3.03. The molecular formula is C17H22N4O4S2. The summed E-state index contributed by atoms with van der Waals surface area (Å²) in [5, 5.41) is 8.62. The number of hydrogen-bond acceptors (Lipinski definition) is 7. The lowest BCUT2D eigenvalue weighted by molar-refractivity contribution is -0.129. The predicted octanol–water partition coefficient (Wildman–Crippen LogP) is 1.40. The second-order valence-electron chi connectivity index (χ2n) is 6.18. The van der Waals surface area contributed by atoms with Gasteiger partial charge in [0.25, 0.3) is 0 Å². The molecule has 0 unspecified atom stereocenters. The van der Waals surface area contributed by atoms with Gasteiger partial charge in [-0.3, -0.25) is 9.36 Å². The number of carbonyl (C=O) groups is 1. The molecule has 0 saturated carbocycles. The van der Waals surface area contributed by atoms with Gasteiger partial charge in [-0.15, -0.1) is 10.2 Å². The van der Waals surface area contributed by atoms with Crippen LogP contribution in [-0.2, 0) is 14.6 Å². The summed E-state index contributed by atoms with van der Waals surface area (Å²) in [6.45, 7) is 2.35. The number of amides is 1. The van der Waals surface area contributed by atoms with E-state index in [0.717, 1.165) is 5.69 Å². The Morgan fingerprint density at radius 1 is 1.41 bits per heavy atom. The number of rotatable bonds is 7. The zero-order chi connectivity index (χ0) is 19.4. The van der Waals surface area contributed by atoms with Crippen molar-refractivity contribution in [2.24, 2.45) is 0 Å². The number of nitrogens with zero attached hydrogens (tertiary/aromatic N) is 4. The third-order valence-electron chi connectivity index (χ3n) is 4.50. The van der Waals surface area contributed by atoms with Crippen LogP contribution in [0.3, 0.4) is 0 Å². The number of methoxy groups -OCH3 is 1. The molecule has 1 aromatic carbocycles. The molecule has 1 saturated heterocycles. The third-order valence-corrected chi connectivity index (χ3v) is 7.17. The average molecular weight is 411 g/mol. The summed E-state index contributed by atoms with van der Waals surface area (Å²) < 4.78 is 30.6. The van der Waals surface area contributed by atoms with Gasteiger partial charge in [-0.1, -0.05) is 23.9 Å². The zero-order valence-electron chi connectivity index (χ0n) is 15.2. The lowest BCUT2D eigenvalue weighted by Gasteiger charge is -2.26. The van der Waals surface area contributed by atoms with Gasteiger partial charge in [0.2, 0.25) is 5.91 Å². The predicted molar refractivity (Wildman–Crippen MR) is 103 cm³/mol. The van der Waals surface area contributed by atoms with Crippen molar-refractivity contribution in [3.05, 3.63) is 30.6 Å². The van der Waals surface area contributed by atoms with Crippen molar-refractivity contribution in [3.63, 3.8) is 0 Å². The van der Waals surface area contributed by atoms with E-state index in [0.29, 0.717) is 23.9 Å². The Labute approximate surface area is 162 Å². The molecule has 27 heavy (non-hydrogen) atoms. The number of para-hydroxylation sites is 2. The lowest BCUT2D eigenvalue weighted by atomic mass is 10.2. The molecule has 146 valence electrons. The molecule has 0 aliphatic carbocycles. The van der Waals surface area contributed by atoms with Crippen LogP contribution in [0.4, 0.5) is 0 Å². The molecule has 1 amide bonds. The highest BCUT2D eigenvalue weighted by molar-refractivity contribution is 7.99. The maximum Gasteiger partial charge on any atom is 0.233 e. The lowest BCUT2D eigenvalue weighted by Crippen LogP contribution is -2.42. The maximum atomic E-state index is 12.7. The largest absolute Gasteiger partial charge is 0.495 e. The smallest absolute Gasteiger partial charge is 0.233 e. The molecule has 1 fully saturated rings. The van der Waals surface area contributed by atoms with Crippen LogP contribution < -0.4 is 4.74 Å². The van der Waals surface area contributed by atoms with E-state index in [1.54, 1.807) is 22.9 Å². The van der Waals surface area contributed by atoms with Crippen LogP contribution in [0.5, 0.6) is 5.75 Å². The highest BCUT2D eigenvalue weighted by atomic mass is 32.2. The fourth-order valence-corrected chi connectivity index (χ4v) is 5.72. The van der Waals surface area contributed by atoms with Crippen LogP contribution in [0, 0.1) is 0 Å². The topological polar surface area (TPSA) is 94.4 Å². The Hall–Kier alpha value is -2.07. The third kappa shape index (κ3) is 4.44. The van der Waals surface area contributed by atoms with Crippen LogP contribution in [-0.4, -0.2) is 70.9 Å². The minimum absolute atomic E-state index is 0.0502. The summed E-state index contributed by atoms with van der Waals surface area (Å²) in [7, 11) is -1.44. The molecule has 0 bridgehead atoms. The number of ether oxygens (including phenoxy) is 1. The second kappa shape index (κ2) is 8.30. The van der Waals surface area contributed by atoms with Crippen LogP contribution in [0.1, 0.15) is 13.3 Å². The van der Waals surface area contributed by atoms with Gasteiger partial charge in [0.1, 0.15) is 12.1 Å². The molecule has 0 radical (unpaired) electrons. The minimum Gasteiger partial charge on any atom is -0.495 e. The fraction of sp³-hybridized carbons (Fsp3) is 0.471.